The molecule has 0 spiro atoms. The molecule has 0 aliphatic carbocycles. The maximum Gasteiger partial charge on any atom is 0.231 e. The van der Waals surface area contributed by atoms with Gasteiger partial charge in [0, 0.05) is 26.7 Å². The van der Waals surface area contributed by atoms with Crippen molar-refractivity contribution in [2.24, 2.45) is 0 Å². The third-order valence-electron chi connectivity index (χ3n) is 2.47. The van der Waals surface area contributed by atoms with Gasteiger partial charge in [-0.05, 0) is 19.4 Å². The minimum atomic E-state index is -0.178. The lowest BCUT2D eigenvalue weighted by Gasteiger charge is -2.23. The Kier molecular flexibility index (Phi) is 4.55. The van der Waals surface area contributed by atoms with Gasteiger partial charge in [-0.15, -0.1) is 0 Å². The first-order valence-electron chi connectivity index (χ1n) is 5.30. The quantitative estimate of drug-likeness (QED) is 0.611. The van der Waals surface area contributed by atoms with E-state index in [9.17, 15) is 9.59 Å². The van der Waals surface area contributed by atoms with Gasteiger partial charge in [0.05, 0.1) is 0 Å². The smallest absolute Gasteiger partial charge is 0.231 e. The third kappa shape index (κ3) is 4.29. The molecule has 0 aromatic rings. The second-order valence-corrected chi connectivity index (χ2v) is 4.08. The number of carbonyl (C=O) groups excluding carboxylic acids is 2. The van der Waals surface area contributed by atoms with E-state index in [1.807, 2.05) is 0 Å². The van der Waals surface area contributed by atoms with Crippen molar-refractivity contribution in [1.29, 1.82) is 0 Å². The lowest BCUT2D eigenvalue weighted by Crippen LogP contribution is -2.46. The number of nitrogens with zero attached hydrogens (tertiary/aromatic N) is 1. The molecular weight excluding hydrogens is 194 g/mol. The lowest BCUT2D eigenvalue weighted by molar-refractivity contribution is -0.134. The zero-order valence-electron chi connectivity index (χ0n) is 9.38. The Bertz CT molecular complexity index is 235. The van der Waals surface area contributed by atoms with Crippen LogP contribution in [0.2, 0.25) is 0 Å². The highest BCUT2D eigenvalue weighted by Gasteiger charge is 2.17. The summed E-state index contributed by atoms with van der Waals surface area (Å²) in [4.78, 5) is 24.1. The van der Waals surface area contributed by atoms with Gasteiger partial charge in [-0.25, -0.2) is 0 Å². The van der Waals surface area contributed by atoms with E-state index in [1.54, 1.807) is 14.1 Å². The summed E-state index contributed by atoms with van der Waals surface area (Å²) in [6, 6.07) is 0.182. The average molecular weight is 213 g/mol. The van der Waals surface area contributed by atoms with E-state index in [0.717, 1.165) is 25.9 Å². The summed E-state index contributed by atoms with van der Waals surface area (Å²) in [5.41, 5.74) is 0. The predicted octanol–water partition coefficient (Wildman–Crippen LogP) is -0.667. The van der Waals surface area contributed by atoms with Gasteiger partial charge in [-0.3, -0.25) is 9.59 Å². The molecule has 0 aromatic heterocycles. The van der Waals surface area contributed by atoms with Crippen LogP contribution in [0.1, 0.15) is 19.3 Å². The summed E-state index contributed by atoms with van der Waals surface area (Å²) in [5.74, 6) is -0.335. The zero-order valence-corrected chi connectivity index (χ0v) is 9.38. The second-order valence-electron chi connectivity index (χ2n) is 4.08. The highest BCUT2D eigenvalue weighted by atomic mass is 16.2. The normalized spacial score (nSPS) is 20.8. The second kappa shape index (κ2) is 5.70. The molecule has 5 nitrogen and oxygen atoms in total. The Morgan fingerprint density at radius 1 is 1.47 bits per heavy atom. The van der Waals surface area contributed by atoms with Crippen molar-refractivity contribution in [3.05, 3.63) is 0 Å². The largest absolute Gasteiger partial charge is 0.352 e. The average Bonchev–Trinajstić information content (AvgIpc) is 2.18. The van der Waals surface area contributed by atoms with Crippen LogP contribution in [0.3, 0.4) is 0 Å². The van der Waals surface area contributed by atoms with E-state index in [0.29, 0.717) is 0 Å². The van der Waals surface area contributed by atoms with Crippen LogP contribution in [0.15, 0.2) is 0 Å². The fraction of sp³-hybridized carbons (Fsp3) is 0.800. The highest BCUT2D eigenvalue weighted by Crippen LogP contribution is 2.01. The van der Waals surface area contributed by atoms with Crippen molar-refractivity contribution in [3.63, 3.8) is 0 Å². The minimum Gasteiger partial charge on any atom is -0.352 e. The highest BCUT2D eigenvalue weighted by molar-refractivity contribution is 5.96. The summed E-state index contributed by atoms with van der Waals surface area (Å²) in [6.07, 6.45) is 2.02. The first-order valence-corrected chi connectivity index (χ1v) is 5.30. The molecule has 1 rings (SSSR count). The molecule has 0 bridgehead atoms. The number of hydrogen-bond donors (Lipinski definition) is 2. The van der Waals surface area contributed by atoms with Gasteiger partial charge in [0.15, 0.2) is 0 Å². The molecule has 1 fully saturated rings. The number of nitrogens with one attached hydrogen (secondary N) is 2. The maximum atomic E-state index is 11.4. The topological polar surface area (TPSA) is 61.4 Å². The van der Waals surface area contributed by atoms with Crippen molar-refractivity contribution >= 4 is 11.8 Å². The van der Waals surface area contributed by atoms with Crippen molar-refractivity contribution < 1.29 is 9.59 Å². The molecule has 86 valence electrons. The van der Waals surface area contributed by atoms with Crippen LogP contribution in [-0.2, 0) is 9.59 Å². The van der Waals surface area contributed by atoms with Crippen LogP contribution in [-0.4, -0.2) is 49.9 Å². The minimum absolute atomic E-state index is 0.0521. The van der Waals surface area contributed by atoms with Crippen LogP contribution in [0.4, 0.5) is 0 Å². The van der Waals surface area contributed by atoms with Crippen LogP contribution in [0, 0.1) is 0 Å². The van der Waals surface area contributed by atoms with E-state index in [1.165, 1.54) is 4.90 Å². The van der Waals surface area contributed by atoms with E-state index < -0.39 is 0 Å². The zero-order chi connectivity index (χ0) is 11.3. The van der Waals surface area contributed by atoms with E-state index in [4.69, 9.17) is 0 Å². The summed E-state index contributed by atoms with van der Waals surface area (Å²) >= 11 is 0. The fourth-order valence-electron chi connectivity index (χ4n) is 1.55. The Morgan fingerprint density at radius 3 is 2.73 bits per heavy atom. The molecule has 1 aliphatic heterocycles. The van der Waals surface area contributed by atoms with E-state index in [2.05, 4.69) is 10.6 Å². The summed E-state index contributed by atoms with van der Waals surface area (Å²) in [5, 5.41) is 6.06. The monoisotopic (exact) mass is 213 g/mol. The first kappa shape index (κ1) is 12.0. The molecule has 1 aliphatic rings. The predicted molar refractivity (Wildman–Crippen MR) is 57.3 cm³/mol. The molecule has 2 N–H and O–H groups in total. The van der Waals surface area contributed by atoms with Gasteiger partial charge in [-0.2, -0.15) is 0 Å². The number of carbonyl (C=O) groups is 2. The molecule has 0 saturated carbocycles. The van der Waals surface area contributed by atoms with E-state index in [-0.39, 0.29) is 24.3 Å². The van der Waals surface area contributed by atoms with Crippen molar-refractivity contribution in [1.82, 2.24) is 15.5 Å². The molecule has 15 heavy (non-hydrogen) atoms. The molecule has 0 unspecified atom stereocenters. The molecular formula is C10H19N3O2. The van der Waals surface area contributed by atoms with Crippen LogP contribution >= 0.6 is 0 Å². The van der Waals surface area contributed by atoms with Crippen LogP contribution < -0.4 is 10.6 Å². The number of hydrogen-bond acceptors (Lipinski definition) is 3. The van der Waals surface area contributed by atoms with Gasteiger partial charge in [-0.1, -0.05) is 0 Å². The number of rotatable bonds is 3. The molecule has 0 radical (unpaired) electrons. The molecule has 1 atom stereocenters. The first-order chi connectivity index (χ1) is 7.09. The van der Waals surface area contributed by atoms with Gasteiger partial charge < -0.3 is 15.5 Å². The fourth-order valence-corrected chi connectivity index (χ4v) is 1.55. The summed E-state index contributed by atoms with van der Waals surface area (Å²) < 4.78 is 0. The van der Waals surface area contributed by atoms with Gasteiger partial charge >= 0.3 is 0 Å². The summed E-state index contributed by atoms with van der Waals surface area (Å²) in [6.45, 7) is 1.82. The third-order valence-corrected chi connectivity index (χ3v) is 2.47. The Morgan fingerprint density at radius 2 is 2.20 bits per heavy atom. The summed E-state index contributed by atoms with van der Waals surface area (Å²) in [7, 11) is 3.30. The molecule has 0 aromatic carbocycles. The Labute approximate surface area is 90.2 Å². The van der Waals surface area contributed by atoms with Gasteiger partial charge in [0.1, 0.15) is 6.42 Å². The molecule has 1 heterocycles. The van der Waals surface area contributed by atoms with E-state index >= 15 is 0 Å². The maximum absolute atomic E-state index is 11.4. The van der Waals surface area contributed by atoms with Gasteiger partial charge in [0.2, 0.25) is 11.8 Å². The Balaban J connectivity index is 2.25. The number of amides is 2. The lowest BCUT2D eigenvalue weighted by atomic mass is 10.1. The molecule has 5 heteroatoms. The Hall–Kier alpha value is -1.10. The molecule has 2 amide bonds. The van der Waals surface area contributed by atoms with Crippen molar-refractivity contribution in [3.8, 4) is 0 Å². The standard InChI is InChI=1S/C10H19N3O2/c1-13(2)10(15)6-9(14)12-8-4-3-5-11-7-8/h8,11H,3-7H2,1-2H3,(H,12,14)/t8-/m0/s1. The SMILES string of the molecule is CN(C)C(=O)CC(=O)N[C@H]1CCCNC1. The molecule has 1 saturated heterocycles. The van der Waals surface area contributed by atoms with Gasteiger partial charge in [0.25, 0.3) is 0 Å². The van der Waals surface area contributed by atoms with Crippen LogP contribution in [0.5, 0.6) is 0 Å². The van der Waals surface area contributed by atoms with Crippen LogP contribution in [0.25, 0.3) is 0 Å². The van der Waals surface area contributed by atoms with Crippen molar-refractivity contribution in [2.75, 3.05) is 27.2 Å². The van der Waals surface area contributed by atoms with Crippen molar-refractivity contribution in [2.45, 2.75) is 25.3 Å². The number of piperidine rings is 1.